The lowest BCUT2D eigenvalue weighted by Gasteiger charge is -2.30. The highest BCUT2D eigenvalue weighted by Crippen LogP contribution is 2.34. The Kier molecular flexibility index (Phi) is 3.33. The van der Waals surface area contributed by atoms with Crippen molar-refractivity contribution in [2.75, 3.05) is 13.1 Å². The molecule has 3 nitrogen and oxygen atoms in total. The van der Waals surface area contributed by atoms with Gasteiger partial charge in [0.25, 0.3) is 9.24 Å². The predicted octanol–water partition coefficient (Wildman–Crippen LogP) is 1.74. The Bertz CT molecular complexity index is 303. The minimum atomic E-state index is -4.35. The quantitative estimate of drug-likeness (QED) is 0.666. The maximum absolute atomic E-state index is 12.2. The van der Waals surface area contributed by atoms with Crippen molar-refractivity contribution in [3.05, 3.63) is 0 Å². The summed E-state index contributed by atoms with van der Waals surface area (Å²) < 4.78 is 58.9. The van der Waals surface area contributed by atoms with Crippen LogP contribution in [0.3, 0.4) is 0 Å². The molecule has 8 heteroatoms. The van der Waals surface area contributed by atoms with E-state index < -0.39 is 27.9 Å². The Labute approximate surface area is 84.4 Å². The summed E-state index contributed by atoms with van der Waals surface area (Å²) >= 11 is 0. The zero-order valence-corrected chi connectivity index (χ0v) is 8.66. The van der Waals surface area contributed by atoms with E-state index in [1.807, 2.05) is 0 Å². The Morgan fingerprint density at radius 2 is 1.93 bits per heavy atom. The fourth-order valence-corrected chi connectivity index (χ4v) is 2.49. The molecule has 14 heavy (non-hydrogen) atoms. The number of piperidine rings is 1. The summed E-state index contributed by atoms with van der Waals surface area (Å²) in [5.41, 5.74) is 0. The van der Waals surface area contributed by atoms with Gasteiger partial charge in [-0.05, 0) is 12.8 Å². The summed E-state index contributed by atoms with van der Waals surface area (Å²) in [6, 6.07) is 0. The molecule has 1 fully saturated rings. The van der Waals surface area contributed by atoms with E-state index in [1.54, 1.807) is 0 Å². The van der Waals surface area contributed by atoms with Crippen LogP contribution in [0.1, 0.15) is 12.8 Å². The third-order valence-electron chi connectivity index (χ3n) is 2.16. The fourth-order valence-electron chi connectivity index (χ4n) is 1.41. The molecular weight excluding hydrogens is 243 g/mol. The number of alkyl halides is 3. The summed E-state index contributed by atoms with van der Waals surface area (Å²) in [4.78, 5) is 0. The number of hydrogen-bond donors (Lipinski definition) is 0. The molecule has 1 atom stereocenters. The SMILES string of the molecule is O=S(=O)(Cl)N1CCC[C@H](C(F)(F)F)C1. The summed E-state index contributed by atoms with van der Waals surface area (Å²) in [6.07, 6.45) is -4.19. The molecule has 1 rings (SSSR count). The van der Waals surface area contributed by atoms with Crippen LogP contribution in [0.5, 0.6) is 0 Å². The van der Waals surface area contributed by atoms with Gasteiger partial charge in [0.15, 0.2) is 0 Å². The van der Waals surface area contributed by atoms with Crippen LogP contribution in [0.15, 0.2) is 0 Å². The third-order valence-corrected chi connectivity index (χ3v) is 3.69. The lowest BCUT2D eigenvalue weighted by molar-refractivity contribution is -0.182. The molecule has 0 aromatic carbocycles. The molecule has 0 aliphatic carbocycles. The van der Waals surface area contributed by atoms with Gasteiger partial charge in [0.2, 0.25) is 0 Å². The summed E-state index contributed by atoms with van der Waals surface area (Å²) in [6.45, 7) is -0.492. The zero-order chi connectivity index (χ0) is 11.0. The first kappa shape index (κ1) is 12.1. The van der Waals surface area contributed by atoms with E-state index in [9.17, 15) is 21.6 Å². The van der Waals surface area contributed by atoms with Crippen LogP contribution in [0.25, 0.3) is 0 Å². The van der Waals surface area contributed by atoms with Gasteiger partial charge in [0.1, 0.15) is 0 Å². The van der Waals surface area contributed by atoms with E-state index in [4.69, 9.17) is 10.7 Å². The standard InChI is InChI=1S/C6H9ClF3NO2S/c7-14(12,13)11-3-1-2-5(4-11)6(8,9)10/h5H,1-4H2/t5-/m0/s1. The molecule has 1 saturated heterocycles. The number of hydrogen-bond acceptors (Lipinski definition) is 2. The number of nitrogens with zero attached hydrogens (tertiary/aromatic N) is 1. The van der Waals surface area contributed by atoms with E-state index in [2.05, 4.69) is 0 Å². The van der Waals surface area contributed by atoms with Crippen LogP contribution in [-0.4, -0.2) is 32.0 Å². The number of halogens is 4. The van der Waals surface area contributed by atoms with Crippen LogP contribution in [0.4, 0.5) is 13.2 Å². The number of rotatable bonds is 1. The first-order chi connectivity index (χ1) is 6.21. The summed E-state index contributed by atoms with van der Waals surface area (Å²) in [5.74, 6) is -1.59. The van der Waals surface area contributed by atoms with Crippen molar-refractivity contribution >= 4 is 19.9 Å². The van der Waals surface area contributed by atoms with Crippen molar-refractivity contribution in [3.8, 4) is 0 Å². The average molecular weight is 252 g/mol. The van der Waals surface area contributed by atoms with Crippen molar-refractivity contribution in [3.63, 3.8) is 0 Å². The highest BCUT2D eigenvalue weighted by Gasteiger charge is 2.43. The molecule has 0 saturated carbocycles. The molecule has 0 unspecified atom stereocenters. The van der Waals surface area contributed by atoms with Crippen molar-refractivity contribution in [2.24, 2.45) is 5.92 Å². The van der Waals surface area contributed by atoms with Gasteiger partial charge in [-0.15, -0.1) is 0 Å². The zero-order valence-electron chi connectivity index (χ0n) is 7.09. The molecule has 0 radical (unpaired) electrons. The maximum atomic E-state index is 12.2. The largest absolute Gasteiger partial charge is 0.393 e. The van der Waals surface area contributed by atoms with Gasteiger partial charge >= 0.3 is 6.18 Å². The Morgan fingerprint density at radius 1 is 1.36 bits per heavy atom. The fraction of sp³-hybridized carbons (Fsp3) is 1.00. The van der Waals surface area contributed by atoms with Gasteiger partial charge in [0, 0.05) is 23.8 Å². The molecule has 1 heterocycles. The van der Waals surface area contributed by atoms with E-state index in [0.29, 0.717) is 4.31 Å². The first-order valence-electron chi connectivity index (χ1n) is 3.97. The molecule has 1 aliphatic rings. The van der Waals surface area contributed by atoms with Crippen LogP contribution in [0, 0.1) is 5.92 Å². The lowest BCUT2D eigenvalue weighted by atomic mass is 9.99. The molecule has 0 bridgehead atoms. The topological polar surface area (TPSA) is 37.4 Å². The average Bonchev–Trinajstić information content (AvgIpc) is 2.01. The Balaban J connectivity index is 2.71. The predicted molar refractivity (Wildman–Crippen MR) is 45.1 cm³/mol. The van der Waals surface area contributed by atoms with E-state index in [0.717, 1.165) is 0 Å². The van der Waals surface area contributed by atoms with Crippen LogP contribution >= 0.6 is 10.7 Å². The highest BCUT2D eigenvalue weighted by atomic mass is 35.7. The molecule has 0 amide bonds. The lowest BCUT2D eigenvalue weighted by Crippen LogP contribution is -2.42. The van der Waals surface area contributed by atoms with Crippen molar-refractivity contribution in [1.82, 2.24) is 4.31 Å². The van der Waals surface area contributed by atoms with Gasteiger partial charge in [0.05, 0.1) is 5.92 Å². The normalized spacial score (nSPS) is 26.4. The van der Waals surface area contributed by atoms with Crippen LogP contribution in [-0.2, 0) is 9.24 Å². The van der Waals surface area contributed by atoms with Gasteiger partial charge < -0.3 is 0 Å². The molecule has 0 spiro atoms. The van der Waals surface area contributed by atoms with Crippen molar-refractivity contribution in [1.29, 1.82) is 0 Å². The second kappa shape index (κ2) is 3.86. The van der Waals surface area contributed by atoms with E-state index in [1.165, 1.54) is 0 Å². The first-order valence-corrected chi connectivity index (χ1v) is 6.24. The second-order valence-corrected chi connectivity index (χ2v) is 5.69. The van der Waals surface area contributed by atoms with E-state index >= 15 is 0 Å². The second-order valence-electron chi connectivity index (χ2n) is 3.18. The van der Waals surface area contributed by atoms with Crippen molar-refractivity contribution < 1.29 is 21.6 Å². The van der Waals surface area contributed by atoms with Gasteiger partial charge in [-0.1, -0.05) is 0 Å². The Hall–Kier alpha value is -0.0100. The maximum Gasteiger partial charge on any atom is 0.393 e. The van der Waals surface area contributed by atoms with Crippen molar-refractivity contribution in [2.45, 2.75) is 19.0 Å². The molecule has 0 aromatic heterocycles. The minimum absolute atomic E-state index is 0.0353. The molecule has 1 aliphatic heterocycles. The van der Waals surface area contributed by atoms with Gasteiger partial charge in [-0.3, -0.25) is 0 Å². The molecule has 0 aromatic rings. The molecular formula is C6H9ClF3NO2S. The molecule has 84 valence electrons. The van der Waals surface area contributed by atoms with E-state index in [-0.39, 0.29) is 19.4 Å². The summed E-state index contributed by atoms with van der Waals surface area (Å²) in [5, 5.41) is 0. The smallest absolute Gasteiger partial charge is 0.195 e. The van der Waals surface area contributed by atoms with Crippen LogP contribution < -0.4 is 0 Å². The summed E-state index contributed by atoms with van der Waals surface area (Å²) in [7, 11) is 0.945. The third kappa shape index (κ3) is 2.99. The molecule has 0 N–H and O–H groups in total. The minimum Gasteiger partial charge on any atom is -0.195 e. The highest BCUT2D eigenvalue weighted by molar-refractivity contribution is 8.11. The monoisotopic (exact) mass is 251 g/mol. The van der Waals surface area contributed by atoms with Crippen LogP contribution in [0.2, 0.25) is 0 Å². The van der Waals surface area contributed by atoms with Gasteiger partial charge in [-0.2, -0.15) is 25.9 Å². The van der Waals surface area contributed by atoms with Gasteiger partial charge in [-0.25, -0.2) is 0 Å². The Morgan fingerprint density at radius 3 is 2.36 bits per heavy atom.